The van der Waals surface area contributed by atoms with Gasteiger partial charge >= 0.3 is 0 Å². The van der Waals surface area contributed by atoms with Gasteiger partial charge < -0.3 is 5.32 Å². The molecule has 1 fully saturated rings. The van der Waals surface area contributed by atoms with Crippen LogP contribution in [0.15, 0.2) is 29.2 Å². The van der Waals surface area contributed by atoms with E-state index in [0.717, 1.165) is 5.56 Å². The number of nitrogens with zero attached hydrogens (tertiary/aromatic N) is 1. The first kappa shape index (κ1) is 14.5. The van der Waals surface area contributed by atoms with E-state index in [1.54, 1.807) is 12.1 Å². The first-order valence-corrected chi connectivity index (χ1v) is 7.67. The Kier molecular flexibility index (Phi) is 3.80. The Morgan fingerprint density at radius 1 is 1.30 bits per heavy atom. The topological polar surface area (TPSA) is 83.6 Å². The number of aryl methyl sites for hydroxylation is 1. The molecule has 2 amide bonds. The molecule has 1 atom stereocenters. The third-order valence-corrected chi connectivity index (χ3v) is 5.13. The molecule has 1 N–H and O–H groups in total. The van der Waals surface area contributed by atoms with Crippen LogP contribution in [0, 0.1) is 6.92 Å². The second-order valence-electron chi connectivity index (χ2n) is 4.68. The number of likely N-dealkylation sites (N-methyl/N-ethyl adjacent to an activating group) is 1. The SMILES string of the molecule is CNC(=O)[C@H]1CCC(=O)N1S(=O)(=O)c1ccc(C)cc1. The Balaban J connectivity index is 2.43. The molecule has 0 saturated carbocycles. The van der Waals surface area contributed by atoms with E-state index in [9.17, 15) is 18.0 Å². The molecule has 7 heteroatoms. The zero-order valence-electron chi connectivity index (χ0n) is 11.3. The first-order chi connectivity index (χ1) is 9.37. The number of carbonyl (C=O) groups is 2. The van der Waals surface area contributed by atoms with Crippen molar-refractivity contribution in [1.82, 2.24) is 9.62 Å². The molecule has 1 aliphatic heterocycles. The van der Waals surface area contributed by atoms with E-state index in [2.05, 4.69) is 5.32 Å². The molecular formula is C13H16N2O4S. The van der Waals surface area contributed by atoms with Gasteiger partial charge in [0.25, 0.3) is 10.0 Å². The van der Waals surface area contributed by atoms with Crippen molar-refractivity contribution in [2.24, 2.45) is 0 Å². The number of carbonyl (C=O) groups excluding carboxylic acids is 2. The first-order valence-electron chi connectivity index (χ1n) is 6.23. The van der Waals surface area contributed by atoms with Crippen molar-refractivity contribution in [2.75, 3.05) is 7.05 Å². The number of sulfonamides is 1. The molecule has 6 nitrogen and oxygen atoms in total. The van der Waals surface area contributed by atoms with Gasteiger partial charge in [-0.1, -0.05) is 17.7 Å². The number of amides is 2. The van der Waals surface area contributed by atoms with Crippen molar-refractivity contribution in [3.8, 4) is 0 Å². The Labute approximate surface area is 117 Å². The Morgan fingerprint density at radius 3 is 2.45 bits per heavy atom. The van der Waals surface area contributed by atoms with Gasteiger partial charge in [-0.25, -0.2) is 12.7 Å². The summed E-state index contributed by atoms with van der Waals surface area (Å²) in [5.74, 6) is -1.01. The van der Waals surface area contributed by atoms with Crippen molar-refractivity contribution in [3.63, 3.8) is 0 Å². The average Bonchev–Trinajstić information content (AvgIpc) is 2.81. The van der Waals surface area contributed by atoms with E-state index in [1.165, 1.54) is 19.2 Å². The van der Waals surface area contributed by atoms with Crippen LogP contribution in [0.4, 0.5) is 0 Å². The highest BCUT2D eigenvalue weighted by atomic mass is 32.2. The van der Waals surface area contributed by atoms with E-state index in [1.807, 2.05) is 6.92 Å². The fourth-order valence-corrected chi connectivity index (χ4v) is 3.79. The number of benzene rings is 1. The predicted octanol–water partition coefficient (Wildman–Crippen LogP) is 0.421. The van der Waals surface area contributed by atoms with E-state index < -0.39 is 27.9 Å². The quantitative estimate of drug-likeness (QED) is 0.876. The van der Waals surface area contributed by atoms with E-state index in [0.29, 0.717) is 4.31 Å². The molecule has 0 spiro atoms. The lowest BCUT2D eigenvalue weighted by molar-refractivity contribution is -0.130. The van der Waals surface area contributed by atoms with Gasteiger partial charge in [-0.05, 0) is 25.5 Å². The maximum Gasteiger partial charge on any atom is 0.267 e. The normalized spacial score (nSPS) is 19.2. The van der Waals surface area contributed by atoms with Gasteiger partial charge in [-0.15, -0.1) is 0 Å². The number of rotatable bonds is 3. The zero-order valence-corrected chi connectivity index (χ0v) is 12.1. The Hall–Kier alpha value is -1.89. The van der Waals surface area contributed by atoms with E-state index >= 15 is 0 Å². The molecule has 1 aromatic carbocycles. The maximum atomic E-state index is 12.5. The highest BCUT2D eigenvalue weighted by molar-refractivity contribution is 7.89. The summed E-state index contributed by atoms with van der Waals surface area (Å²) in [6, 6.07) is 5.23. The van der Waals surface area contributed by atoms with Crippen LogP contribution in [0.25, 0.3) is 0 Å². The van der Waals surface area contributed by atoms with Gasteiger partial charge in [0.05, 0.1) is 4.90 Å². The fraction of sp³-hybridized carbons (Fsp3) is 0.385. The van der Waals surface area contributed by atoms with Crippen LogP contribution in [0.5, 0.6) is 0 Å². The molecule has 0 aliphatic carbocycles. The lowest BCUT2D eigenvalue weighted by atomic mass is 10.2. The van der Waals surface area contributed by atoms with Crippen molar-refractivity contribution in [3.05, 3.63) is 29.8 Å². The Morgan fingerprint density at radius 2 is 1.90 bits per heavy atom. The summed E-state index contributed by atoms with van der Waals surface area (Å²) >= 11 is 0. The van der Waals surface area contributed by atoms with Crippen molar-refractivity contribution < 1.29 is 18.0 Å². The molecule has 108 valence electrons. The summed E-state index contributed by atoms with van der Waals surface area (Å²) in [4.78, 5) is 23.6. The number of nitrogens with one attached hydrogen (secondary N) is 1. The van der Waals surface area contributed by atoms with Crippen LogP contribution < -0.4 is 5.32 Å². The molecule has 1 aromatic rings. The second-order valence-corrected chi connectivity index (χ2v) is 6.49. The molecule has 1 saturated heterocycles. The van der Waals surface area contributed by atoms with E-state index in [4.69, 9.17) is 0 Å². The molecule has 1 heterocycles. The summed E-state index contributed by atoms with van der Waals surface area (Å²) in [6.45, 7) is 1.84. The third-order valence-electron chi connectivity index (χ3n) is 3.29. The lowest BCUT2D eigenvalue weighted by Gasteiger charge is -2.23. The maximum absolute atomic E-state index is 12.5. The predicted molar refractivity (Wildman–Crippen MR) is 72.3 cm³/mol. The van der Waals surface area contributed by atoms with Crippen LogP contribution in [0.2, 0.25) is 0 Å². The van der Waals surface area contributed by atoms with Crippen LogP contribution in [0.3, 0.4) is 0 Å². The summed E-state index contributed by atoms with van der Waals surface area (Å²) in [5.41, 5.74) is 0.916. The van der Waals surface area contributed by atoms with Crippen LogP contribution >= 0.6 is 0 Å². The zero-order chi connectivity index (χ0) is 14.9. The third kappa shape index (κ3) is 2.40. The van der Waals surface area contributed by atoms with Crippen molar-refractivity contribution in [2.45, 2.75) is 30.7 Å². The summed E-state index contributed by atoms with van der Waals surface area (Å²) in [7, 11) is -2.57. The molecular weight excluding hydrogens is 280 g/mol. The molecule has 2 rings (SSSR count). The summed E-state index contributed by atoms with van der Waals surface area (Å²) in [6.07, 6.45) is 0.271. The van der Waals surface area contributed by atoms with Gasteiger partial charge in [-0.3, -0.25) is 9.59 Å². The number of hydrogen-bond donors (Lipinski definition) is 1. The molecule has 20 heavy (non-hydrogen) atoms. The second kappa shape index (κ2) is 5.24. The lowest BCUT2D eigenvalue weighted by Crippen LogP contribution is -2.46. The molecule has 0 aromatic heterocycles. The van der Waals surface area contributed by atoms with Crippen LogP contribution in [-0.2, 0) is 19.6 Å². The monoisotopic (exact) mass is 296 g/mol. The van der Waals surface area contributed by atoms with Gasteiger partial charge in [-0.2, -0.15) is 0 Å². The average molecular weight is 296 g/mol. The largest absolute Gasteiger partial charge is 0.357 e. The van der Waals surface area contributed by atoms with Crippen molar-refractivity contribution in [1.29, 1.82) is 0 Å². The van der Waals surface area contributed by atoms with E-state index in [-0.39, 0.29) is 17.7 Å². The van der Waals surface area contributed by atoms with Crippen LogP contribution in [-0.4, -0.2) is 37.6 Å². The van der Waals surface area contributed by atoms with Gasteiger partial charge in [0.1, 0.15) is 6.04 Å². The Bertz CT molecular complexity index is 637. The van der Waals surface area contributed by atoms with Gasteiger partial charge in [0.2, 0.25) is 11.8 Å². The van der Waals surface area contributed by atoms with Gasteiger partial charge in [0.15, 0.2) is 0 Å². The molecule has 0 bridgehead atoms. The van der Waals surface area contributed by atoms with Gasteiger partial charge in [0, 0.05) is 13.5 Å². The standard InChI is InChI=1S/C13H16N2O4S/c1-9-3-5-10(6-4-9)20(18,19)15-11(13(17)14-2)7-8-12(15)16/h3-6,11H,7-8H2,1-2H3,(H,14,17)/t11-/m1/s1. The minimum Gasteiger partial charge on any atom is -0.357 e. The molecule has 0 unspecified atom stereocenters. The molecule has 0 radical (unpaired) electrons. The smallest absolute Gasteiger partial charge is 0.267 e. The molecule has 1 aliphatic rings. The van der Waals surface area contributed by atoms with Crippen molar-refractivity contribution >= 4 is 21.8 Å². The minimum absolute atomic E-state index is 0.0206. The highest BCUT2D eigenvalue weighted by Gasteiger charge is 2.43. The highest BCUT2D eigenvalue weighted by Crippen LogP contribution is 2.27. The fourth-order valence-electron chi connectivity index (χ4n) is 2.19. The number of hydrogen-bond acceptors (Lipinski definition) is 4. The minimum atomic E-state index is -3.99. The summed E-state index contributed by atoms with van der Waals surface area (Å²) < 4.78 is 25.7. The van der Waals surface area contributed by atoms with Crippen LogP contribution in [0.1, 0.15) is 18.4 Å². The summed E-state index contributed by atoms with van der Waals surface area (Å²) in [5, 5.41) is 2.39.